The molecule has 4 radical (unpaired) electrons. The molecule has 0 aliphatic heterocycles. The molecule has 3 rings (SSSR count). The Labute approximate surface area is 159 Å². The van der Waals surface area contributed by atoms with E-state index in [1.807, 2.05) is 60.7 Å². The molecule has 3 aromatic rings. The third-order valence-corrected chi connectivity index (χ3v) is 2.68. The third-order valence-electron chi connectivity index (χ3n) is 2.32. The van der Waals surface area contributed by atoms with Crippen molar-refractivity contribution in [3.63, 3.8) is 0 Å². The van der Waals surface area contributed by atoms with Crippen molar-refractivity contribution in [1.29, 1.82) is 0 Å². The number of benzene rings is 3. The fourth-order valence-electron chi connectivity index (χ4n) is 1.32. The maximum atomic E-state index is 10.2. The first-order valence-corrected chi connectivity index (χ1v) is 6.92. The molecule has 0 aliphatic rings. The summed E-state index contributed by atoms with van der Waals surface area (Å²) < 4.78 is 0. The van der Waals surface area contributed by atoms with Crippen LogP contribution >= 0.6 is 0 Å². The summed E-state index contributed by atoms with van der Waals surface area (Å²) in [5.41, 5.74) is 0.0810. The summed E-state index contributed by atoms with van der Waals surface area (Å²) in [5.74, 6) is -1.22. The van der Waals surface area contributed by atoms with Crippen LogP contribution in [0.4, 0.5) is 0 Å². The number of rotatable bonds is 1. The Morgan fingerprint density at radius 2 is 1.22 bits per heavy atom. The SMILES string of the molecule is O=C([O-])c1ccccc1[S-].[Sn+2].[c]1ccccc1.[c]1ccccc1. The molecular weight excluding hydrogens is 411 g/mol. The fraction of sp³-hybridized carbons (Fsp3) is 0. The molecule has 0 bridgehead atoms. The van der Waals surface area contributed by atoms with Gasteiger partial charge in [0.05, 0.1) is 5.97 Å². The largest absolute Gasteiger partial charge is 2.00 e. The molecule has 2 nitrogen and oxygen atoms in total. The monoisotopic (exact) mass is 426 g/mol. The Morgan fingerprint density at radius 3 is 1.43 bits per heavy atom. The van der Waals surface area contributed by atoms with Crippen LogP contribution in [-0.2, 0) is 12.6 Å². The molecule has 0 saturated heterocycles. The summed E-state index contributed by atoms with van der Waals surface area (Å²) in [4.78, 5) is 10.6. The van der Waals surface area contributed by atoms with Crippen molar-refractivity contribution in [2.75, 3.05) is 0 Å². The van der Waals surface area contributed by atoms with Crippen LogP contribution in [0.2, 0.25) is 0 Å². The summed E-state index contributed by atoms with van der Waals surface area (Å²) >= 11 is 4.71. The molecule has 0 fully saturated rings. The molecule has 3 aromatic carbocycles. The van der Waals surface area contributed by atoms with Gasteiger partial charge in [0, 0.05) is 0 Å². The average Bonchev–Trinajstić information content (AvgIpc) is 2.59. The molecule has 4 heteroatoms. The Hall–Kier alpha value is -1.85. The van der Waals surface area contributed by atoms with Crippen molar-refractivity contribution in [2.24, 2.45) is 0 Å². The van der Waals surface area contributed by atoms with E-state index in [9.17, 15) is 9.90 Å². The van der Waals surface area contributed by atoms with Crippen LogP contribution in [0.3, 0.4) is 0 Å². The van der Waals surface area contributed by atoms with Gasteiger partial charge in [-0.15, -0.1) is 0 Å². The van der Waals surface area contributed by atoms with Gasteiger partial charge in [0.25, 0.3) is 0 Å². The molecular formula is C19H14O2SSn. The number of aromatic carboxylic acids is 1. The van der Waals surface area contributed by atoms with Crippen molar-refractivity contribution >= 4 is 42.5 Å². The summed E-state index contributed by atoms with van der Waals surface area (Å²) in [6, 6.07) is 31.3. The normalized spacial score (nSPS) is 8.17. The minimum atomic E-state index is -1.22. The van der Waals surface area contributed by atoms with Gasteiger partial charge in [0.1, 0.15) is 0 Å². The molecule has 0 spiro atoms. The summed E-state index contributed by atoms with van der Waals surface area (Å²) in [5, 5.41) is 10.2. The van der Waals surface area contributed by atoms with E-state index in [0.717, 1.165) is 0 Å². The molecule has 0 amide bonds. The Morgan fingerprint density at radius 1 is 0.783 bits per heavy atom. The molecule has 23 heavy (non-hydrogen) atoms. The predicted octanol–water partition coefficient (Wildman–Crippen LogP) is 2.55. The zero-order valence-electron chi connectivity index (χ0n) is 12.3. The zero-order valence-corrected chi connectivity index (χ0v) is 16.0. The first-order chi connectivity index (χ1) is 10.7. The van der Waals surface area contributed by atoms with Crippen LogP contribution in [0.15, 0.2) is 89.8 Å². The van der Waals surface area contributed by atoms with E-state index in [-0.39, 0.29) is 29.5 Å². The first-order valence-electron chi connectivity index (χ1n) is 6.51. The van der Waals surface area contributed by atoms with Gasteiger partial charge < -0.3 is 22.5 Å². The molecule has 0 aliphatic carbocycles. The molecule has 0 N–H and O–H groups in total. The van der Waals surface area contributed by atoms with Gasteiger partial charge in [-0.05, 0) is 17.7 Å². The van der Waals surface area contributed by atoms with Crippen LogP contribution in [0.1, 0.15) is 10.4 Å². The Bertz CT molecular complexity index is 561. The van der Waals surface area contributed by atoms with Crippen LogP contribution < -0.4 is 5.11 Å². The van der Waals surface area contributed by atoms with E-state index in [4.69, 9.17) is 12.6 Å². The average molecular weight is 425 g/mol. The first kappa shape index (κ1) is 21.1. The molecule has 0 aromatic heterocycles. The minimum absolute atomic E-state index is 0. The van der Waals surface area contributed by atoms with Crippen molar-refractivity contribution in [3.05, 3.63) is 103 Å². The standard InChI is InChI=1S/C7H6O2S.2C6H5.Sn/c8-7(9)5-3-1-2-4-6(5)10;2*1-2-4-6-5-3-1;/h1-4,10H,(H,8,9);2*1-5H;/q;;;+2/p-2. The van der Waals surface area contributed by atoms with Gasteiger partial charge in [-0.2, -0.15) is 4.90 Å². The maximum Gasteiger partial charge on any atom is 2.00 e. The van der Waals surface area contributed by atoms with Crippen LogP contribution in [-0.4, -0.2) is 29.9 Å². The van der Waals surface area contributed by atoms with Gasteiger partial charge in [-0.3, -0.25) is 0 Å². The second-order valence-electron chi connectivity index (χ2n) is 3.94. The number of carboxylic acid groups (broad SMARTS) is 1. The van der Waals surface area contributed by atoms with Crippen molar-refractivity contribution in [1.82, 2.24) is 0 Å². The molecule has 0 saturated carbocycles. The van der Waals surface area contributed by atoms with Crippen LogP contribution in [0.5, 0.6) is 0 Å². The summed E-state index contributed by atoms with van der Waals surface area (Å²) in [6.07, 6.45) is 0. The fourth-order valence-corrected chi connectivity index (χ4v) is 1.55. The molecule has 0 atom stereocenters. The predicted molar refractivity (Wildman–Crippen MR) is 92.7 cm³/mol. The second-order valence-corrected chi connectivity index (χ2v) is 4.38. The van der Waals surface area contributed by atoms with Gasteiger partial charge >= 0.3 is 23.9 Å². The number of carbonyl (C=O) groups is 1. The number of hydrogen-bond donors (Lipinski definition) is 0. The van der Waals surface area contributed by atoms with E-state index in [0.29, 0.717) is 4.90 Å². The van der Waals surface area contributed by atoms with E-state index < -0.39 is 5.97 Å². The second kappa shape index (κ2) is 13.8. The quantitative estimate of drug-likeness (QED) is 0.445. The summed E-state index contributed by atoms with van der Waals surface area (Å²) in [6.45, 7) is 0. The number of carboxylic acids is 1. The van der Waals surface area contributed by atoms with Crippen molar-refractivity contribution < 1.29 is 9.90 Å². The topological polar surface area (TPSA) is 40.1 Å². The van der Waals surface area contributed by atoms with Gasteiger partial charge in [0.15, 0.2) is 0 Å². The zero-order chi connectivity index (χ0) is 16.0. The Balaban J connectivity index is 0.000000325. The van der Waals surface area contributed by atoms with Crippen molar-refractivity contribution in [3.8, 4) is 0 Å². The molecule has 0 heterocycles. The summed E-state index contributed by atoms with van der Waals surface area (Å²) in [7, 11) is 0. The number of hydrogen-bond acceptors (Lipinski definition) is 3. The van der Waals surface area contributed by atoms with E-state index in [2.05, 4.69) is 12.1 Å². The van der Waals surface area contributed by atoms with E-state index in [1.54, 1.807) is 18.2 Å². The molecule has 0 unspecified atom stereocenters. The van der Waals surface area contributed by atoms with E-state index in [1.165, 1.54) is 6.07 Å². The molecule has 112 valence electrons. The van der Waals surface area contributed by atoms with Crippen LogP contribution in [0.25, 0.3) is 0 Å². The van der Waals surface area contributed by atoms with Gasteiger partial charge in [-0.1, -0.05) is 84.9 Å². The number of carbonyl (C=O) groups excluding carboxylic acids is 1. The third kappa shape index (κ3) is 10.5. The van der Waals surface area contributed by atoms with Gasteiger partial charge in [0.2, 0.25) is 0 Å². The van der Waals surface area contributed by atoms with Crippen molar-refractivity contribution in [2.45, 2.75) is 4.90 Å². The minimum Gasteiger partial charge on any atom is -0.779 e. The Kier molecular flexibility index (Phi) is 12.7. The van der Waals surface area contributed by atoms with Gasteiger partial charge in [-0.25, -0.2) is 0 Å². The maximum absolute atomic E-state index is 10.2. The van der Waals surface area contributed by atoms with Crippen LogP contribution in [0, 0.1) is 12.1 Å². The van der Waals surface area contributed by atoms with E-state index >= 15 is 0 Å². The smallest absolute Gasteiger partial charge is 0.779 e.